The summed E-state index contributed by atoms with van der Waals surface area (Å²) in [5, 5.41) is 9.56. The molecule has 6 nitrogen and oxygen atoms in total. The van der Waals surface area contributed by atoms with Gasteiger partial charge in [-0.1, -0.05) is 61.5 Å². The van der Waals surface area contributed by atoms with Crippen LogP contribution in [0.5, 0.6) is 0 Å². The Bertz CT molecular complexity index is 1780. The van der Waals surface area contributed by atoms with Crippen LogP contribution >= 0.6 is 0 Å². The van der Waals surface area contributed by atoms with Crippen LogP contribution in [0.15, 0.2) is 91.0 Å². The molecule has 0 aliphatic rings. The maximum absolute atomic E-state index is 11.7. The smallest absolute Gasteiger partial charge is 0.336 e. The van der Waals surface area contributed by atoms with Crippen molar-refractivity contribution in [2.75, 3.05) is 0 Å². The Labute approximate surface area is 214 Å². The maximum Gasteiger partial charge on any atom is 0.336 e. The Hall–Kier alpha value is -4.71. The van der Waals surface area contributed by atoms with Gasteiger partial charge in [0.2, 0.25) is 0 Å². The summed E-state index contributed by atoms with van der Waals surface area (Å²) in [7, 11) is 2.05. The van der Waals surface area contributed by atoms with Gasteiger partial charge in [0, 0.05) is 25.6 Å². The number of rotatable bonds is 6. The molecule has 6 rings (SSSR count). The number of benzene rings is 4. The van der Waals surface area contributed by atoms with Crippen molar-refractivity contribution in [2.24, 2.45) is 7.05 Å². The Kier molecular flexibility index (Phi) is 5.57. The second-order valence-electron chi connectivity index (χ2n) is 9.20. The first-order valence-corrected chi connectivity index (χ1v) is 12.4. The molecule has 1 N–H and O–H groups in total. The summed E-state index contributed by atoms with van der Waals surface area (Å²) >= 11 is 0. The number of aromatic carboxylic acids is 1. The number of carboxylic acids is 1. The van der Waals surface area contributed by atoms with Crippen molar-refractivity contribution in [1.82, 2.24) is 19.1 Å². The summed E-state index contributed by atoms with van der Waals surface area (Å²) in [4.78, 5) is 21.4. The zero-order valence-electron chi connectivity index (χ0n) is 20.7. The standard InChI is InChI=1S/C31H26N4O2/c1-3-29-32-26-17-16-22(30-33-25-10-6-7-11-27(25)34(30)2)18-28(26)35(29)19-20-12-14-21(15-13-20)23-8-4-5-9-24(23)31(36)37/h4-18H,3,19H2,1-2H3,(H,36,37). The van der Waals surface area contributed by atoms with Crippen LogP contribution in [0.3, 0.4) is 0 Å². The minimum atomic E-state index is -0.923. The number of para-hydroxylation sites is 2. The first-order chi connectivity index (χ1) is 18.0. The molecule has 0 fully saturated rings. The van der Waals surface area contributed by atoms with Crippen LogP contribution in [0.4, 0.5) is 0 Å². The van der Waals surface area contributed by atoms with Crippen molar-refractivity contribution in [3.8, 4) is 22.5 Å². The van der Waals surface area contributed by atoms with Crippen LogP contribution in [-0.4, -0.2) is 30.2 Å². The fourth-order valence-corrected chi connectivity index (χ4v) is 5.06. The van der Waals surface area contributed by atoms with Crippen LogP contribution in [0.1, 0.15) is 28.7 Å². The number of carboxylic acid groups (broad SMARTS) is 1. The number of aromatic nitrogens is 4. The molecule has 0 spiro atoms. The van der Waals surface area contributed by atoms with E-state index in [1.807, 2.05) is 49.5 Å². The van der Waals surface area contributed by atoms with Gasteiger partial charge in [0.25, 0.3) is 0 Å². The third-order valence-electron chi connectivity index (χ3n) is 6.95. The molecular weight excluding hydrogens is 460 g/mol. The molecule has 2 heterocycles. The average Bonchev–Trinajstić information content (AvgIpc) is 3.46. The fraction of sp³-hybridized carbons (Fsp3) is 0.129. The van der Waals surface area contributed by atoms with Gasteiger partial charge < -0.3 is 14.2 Å². The zero-order chi connectivity index (χ0) is 25.5. The summed E-state index contributed by atoms with van der Waals surface area (Å²) in [5.74, 6) is 1.03. The second-order valence-corrected chi connectivity index (χ2v) is 9.20. The first kappa shape index (κ1) is 22.7. The van der Waals surface area contributed by atoms with E-state index in [2.05, 4.69) is 52.5 Å². The van der Waals surface area contributed by atoms with Gasteiger partial charge in [-0.2, -0.15) is 0 Å². The summed E-state index contributed by atoms with van der Waals surface area (Å²) in [6.07, 6.45) is 0.820. The zero-order valence-corrected chi connectivity index (χ0v) is 20.7. The highest BCUT2D eigenvalue weighted by Gasteiger charge is 2.15. The predicted octanol–water partition coefficient (Wildman–Crippen LogP) is 6.57. The molecule has 0 amide bonds. The van der Waals surface area contributed by atoms with E-state index in [0.29, 0.717) is 12.1 Å². The molecule has 4 aromatic carbocycles. The van der Waals surface area contributed by atoms with Crippen molar-refractivity contribution in [1.29, 1.82) is 0 Å². The Morgan fingerprint density at radius 2 is 1.51 bits per heavy atom. The molecule has 0 unspecified atom stereocenters. The van der Waals surface area contributed by atoms with Gasteiger partial charge in [-0.25, -0.2) is 14.8 Å². The summed E-state index contributed by atoms with van der Waals surface area (Å²) in [6.45, 7) is 2.79. The molecule has 0 bridgehead atoms. The number of hydrogen-bond acceptors (Lipinski definition) is 3. The van der Waals surface area contributed by atoms with Crippen molar-refractivity contribution < 1.29 is 9.90 Å². The van der Waals surface area contributed by atoms with E-state index in [-0.39, 0.29) is 0 Å². The normalized spacial score (nSPS) is 11.4. The Balaban J connectivity index is 1.38. The third kappa shape index (κ3) is 3.96. The van der Waals surface area contributed by atoms with E-state index in [1.165, 1.54) is 0 Å². The van der Waals surface area contributed by atoms with Crippen LogP contribution < -0.4 is 0 Å². The lowest BCUT2D eigenvalue weighted by atomic mass is 9.99. The van der Waals surface area contributed by atoms with Gasteiger partial charge in [-0.15, -0.1) is 0 Å². The van der Waals surface area contributed by atoms with Crippen molar-refractivity contribution >= 4 is 28.0 Å². The highest BCUT2D eigenvalue weighted by molar-refractivity contribution is 5.96. The number of fused-ring (bicyclic) bond motifs is 2. The molecule has 0 saturated carbocycles. The lowest BCUT2D eigenvalue weighted by Gasteiger charge is -2.11. The Morgan fingerprint density at radius 3 is 2.27 bits per heavy atom. The third-order valence-corrected chi connectivity index (χ3v) is 6.95. The number of imidazole rings is 2. The van der Waals surface area contributed by atoms with Crippen LogP contribution in [0.25, 0.3) is 44.6 Å². The molecule has 0 aliphatic heterocycles. The summed E-state index contributed by atoms with van der Waals surface area (Å²) in [5.41, 5.74) is 8.20. The lowest BCUT2D eigenvalue weighted by molar-refractivity contribution is 0.0697. The summed E-state index contributed by atoms with van der Waals surface area (Å²) in [6, 6.07) is 29.7. The van der Waals surface area contributed by atoms with Gasteiger partial charge >= 0.3 is 5.97 Å². The van der Waals surface area contributed by atoms with Gasteiger partial charge in [0.15, 0.2) is 0 Å². The number of aryl methyl sites for hydroxylation is 2. The first-order valence-electron chi connectivity index (χ1n) is 12.4. The molecule has 0 saturated heterocycles. The maximum atomic E-state index is 11.7. The van der Waals surface area contributed by atoms with Crippen LogP contribution in [-0.2, 0) is 20.0 Å². The molecular formula is C31H26N4O2. The number of carbonyl (C=O) groups is 1. The summed E-state index contributed by atoms with van der Waals surface area (Å²) < 4.78 is 4.40. The predicted molar refractivity (Wildman–Crippen MR) is 147 cm³/mol. The van der Waals surface area contributed by atoms with E-state index in [0.717, 1.165) is 62.4 Å². The average molecular weight is 487 g/mol. The molecule has 0 radical (unpaired) electrons. The fourth-order valence-electron chi connectivity index (χ4n) is 5.06. The monoisotopic (exact) mass is 486 g/mol. The minimum absolute atomic E-state index is 0.304. The van der Waals surface area contributed by atoms with E-state index in [4.69, 9.17) is 9.97 Å². The highest BCUT2D eigenvalue weighted by Crippen LogP contribution is 2.29. The van der Waals surface area contributed by atoms with Crippen LogP contribution in [0, 0.1) is 0 Å². The van der Waals surface area contributed by atoms with E-state index >= 15 is 0 Å². The lowest BCUT2D eigenvalue weighted by Crippen LogP contribution is -2.05. The molecule has 6 aromatic rings. The quantitative estimate of drug-likeness (QED) is 0.289. The van der Waals surface area contributed by atoms with Gasteiger partial charge in [0.05, 0.1) is 27.6 Å². The highest BCUT2D eigenvalue weighted by atomic mass is 16.4. The minimum Gasteiger partial charge on any atom is -0.478 e. The number of nitrogens with zero attached hydrogens (tertiary/aromatic N) is 4. The van der Waals surface area contributed by atoms with E-state index < -0.39 is 5.97 Å². The van der Waals surface area contributed by atoms with E-state index in [1.54, 1.807) is 12.1 Å². The van der Waals surface area contributed by atoms with Gasteiger partial charge in [-0.05, 0) is 53.1 Å². The molecule has 37 heavy (non-hydrogen) atoms. The molecule has 2 aromatic heterocycles. The SMILES string of the molecule is CCc1nc2ccc(-c3nc4ccccc4n3C)cc2n1Cc1ccc(-c2ccccc2C(=O)O)cc1. The second kappa shape index (κ2) is 9.06. The van der Waals surface area contributed by atoms with Crippen molar-refractivity contribution in [3.05, 3.63) is 108 Å². The Morgan fingerprint density at radius 1 is 0.811 bits per heavy atom. The largest absolute Gasteiger partial charge is 0.478 e. The van der Waals surface area contributed by atoms with Gasteiger partial charge in [-0.3, -0.25) is 0 Å². The van der Waals surface area contributed by atoms with Gasteiger partial charge in [0.1, 0.15) is 11.6 Å². The van der Waals surface area contributed by atoms with Crippen molar-refractivity contribution in [3.63, 3.8) is 0 Å². The topological polar surface area (TPSA) is 72.9 Å². The number of hydrogen-bond donors (Lipinski definition) is 1. The van der Waals surface area contributed by atoms with Crippen LogP contribution in [0.2, 0.25) is 0 Å². The molecule has 182 valence electrons. The van der Waals surface area contributed by atoms with Crippen molar-refractivity contribution in [2.45, 2.75) is 19.9 Å². The molecule has 6 heteroatoms. The van der Waals surface area contributed by atoms with E-state index in [9.17, 15) is 9.90 Å². The molecule has 0 atom stereocenters. The molecule has 0 aliphatic carbocycles.